The summed E-state index contributed by atoms with van der Waals surface area (Å²) in [5, 5.41) is 9.20. The fourth-order valence-corrected chi connectivity index (χ4v) is 2.43. The van der Waals surface area contributed by atoms with Crippen molar-refractivity contribution < 1.29 is 14.6 Å². The van der Waals surface area contributed by atoms with Crippen LogP contribution in [0.5, 0.6) is 0 Å². The van der Waals surface area contributed by atoms with Crippen LogP contribution in [0.15, 0.2) is 30.3 Å². The van der Waals surface area contributed by atoms with Crippen molar-refractivity contribution in [1.82, 2.24) is 4.90 Å². The highest BCUT2D eigenvalue weighted by atomic mass is 16.5. The monoisotopic (exact) mass is 249 g/mol. The van der Waals surface area contributed by atoms with Crippen molar-refractivity contribution in [1.29, 1.82) is 0 Å². The van der Waals surface area contributed by atoms with Crippen LogP contribution in [0.1, 0.15) is 12.5 Å². The Bertz CT molecular complexity index is 393. The Morgan fingerprint density at radius 2 is 2.22 bits per heavy atom. The number of carboxylic acids is 1. The van der Waals surface area contributed by atoms with E-state index in [0.29, 0.717) is 13.2 Å². The van der Waals surface area contributed by atoms with Gasteiger partial charge in [-0.15, -0.1) is 0 Å². The summed E-state index contributed by atoms with van der Waals surface area (Å²) in [7, 11) is 0. The Morgan fingerprint density at radius 3 is 2.89 bits per heavy atom. The van der Waals surface area contributed by atoms with Crippen molar-refractivity contribution in [3.63, 3.8) is 0 Å². The lowest BCUT2D eigenvalue weighted by Crippen LogP contribution is -2.54. The highest BCUT2D eigenvalue weighted by molar-refractivity contribution is 5.73. The van der Waals surface area contributed by atoms with Gasteiger partial charge in [-0.1, -0.05) is 30.3 Å². The molecule has 18 heavy (non-hydrogen) atoms. The Hall–Kier alpha value is -1.39. The molecule has 1 fully saturated rings. The smallest absolute Gasteiger partial charge is 0.323 e. The Balaban J connectivity index is 2.02. The van der Waals surface area contributed by atoms with Crippen molar-refractivity contribution in [2.75, 3.05) is 19.8 Å². The van der Waals surface area contributed by atoms with Gasteiger partial charge in [-0.2, -0.15) is 0 Å². The summed E-state index contributed by atoms with van der Waals surface area (Å²) in [5.41, 5.74) is 1.24. The van der Waals surface area contributed by atoms with Crippen LogP contribution in [-0.4, -0.2) is 47.8 Å². The van der Waals surface area contributed by atoms with Gasteiger partial charge in [-0.3, -0.25) is 9.69 Å². The second-order valence-corrected chi connectivity index (χ2v) is 4.71. The molecule has 0 saturated carbocycles. The third-order valence-corrected chi connectivity index (χ3v) is 3.40. The quantitative estimate of drug-likeness (QED) is 0.876. The molecule has 0 amide bonds. The minimum Gasteiger partial charge on any atom is -0.480 e. The second-order valence-electron chi connectivity index (χ2n) is 4.71. The number of morpholine rings is 1. The first-order valence-electron chi connectivity index (χ1n) is 6.28. The molecule has 1 heterocycles. The minimum absolute atomic E-state index is 0.206. The summed E-state index contributed by atoms with van der Waals surface area (Å²) in [6, 6.07) is 9.85. The van der Waals surface area contributed by atoms with Crippen molar-refractivity contribution in [3.8, 4) is 0 Å². The van der Waals surface area contributed by atoms with E-state index in [1.54, 1.807) is 0 Å². The van der Waals surface area contributed by atoms with Gasteiger partial charge < -0.3 is 9.84 Å². The third kappa shape index (κ3) is 3.09. The van der Waals surface area contributed by atoms with Crippen LogP contribution < -0.4 is 0 Å². The fraction of sp³-hybridized carbons (Fsp3) is 0.500. The average molecular weight is 249 g/mol. The predicted octanol–water partition coefficient (Wildman–Crippen LogP) is 1.40. The zero-order valence-corrected chi connectivity index (χ0v) is 10.6. The van der Waals surface area contributed by atoms with E-state index in [1.807, 2.05) is 23.1 Å². The predicted molar refractivity (Wildman–Crippen MR) is 68.6 cm³/mol. The van der Waals surface area contributed by atoms with E-state index < -0.39 is 12.0 Å². The van der Waals surface area contributed by atoms with Crippen molar-refractivity contribution in [2.45, 2.75) is 25.4 Å². The summed E-state index contributed by atoms with van der Waals surface area (Å²) in [4.78, 5) is 13.2. The average Bonchev–Trinajstić information content (AvgIpc) is 2.40. The summed E-state index contributed by atoms with van der Waals surface area (Å²) in [6.07, 6.45) is 0.866. The van der Waals surface area contributed by atoms with Gasteiger partial charge in [0, 0.05) is 12.6 Å². The summed E-state index contributed by atoms with van der Waals surface area (Å²) < 4.78 is 5.25. The molecule has 0 bridgehead atoms. The molecule has 4 nitrogen and oxygen atoms in total. The van der Waals surface area contributed by atoms with E-state index in [1.165, 1.54) is 5.56 Å². The number of hydrogen-bond acceptors (Lipinski definition) is 3. The van der Waals surface area contributed by atoms with Crippen LogP contribution in [0.2, 0.25) is 0 Å². The third-order valence-electron chi connectivity index (χ3n) is 3.40. The van der Waals surface area contributed by atoms with E-state index in [0.717, 1.165) is 6.42 Å². The van der Waals surface area contributed by atoms with Gasteiger partial charge in [0.2, 0.25) is 0 Å². The van der Waals surface area contributed by atoms with E-state index in [-0.39, 0.29) is 12.6 Å². The van der Waals surface area contributed by atoms with Gasteiger partial charge in [-0.05, 0) is 18.9 Å². The normalized spacial score (nSPS) is 22.6. The van der Waals surface area contributed by atoms with Crippen LogP contribution >= 0.6 is 0 Å². The number of carbonyl (C=O) groups is 1. The molecular weight excluding hydrogens is 230 g/mol. The first-order valence-corrected chi connectivity index (χ1v) is 6.28. The lowest BCUT2D eigenvalue weighted by atomic mass is 10.0. The molecule has 98 valence electrons. The molecule has 2 unspecified atom stereocenters. The Kier molecular flexibility index (Phi) is 4.33. The van der Waals surface area contributed by atoms with Gasteiger partial charge in [0.1, 0.15) is 6.04 Å². The minimum atomic E-state index is -0.797. The molecule has 1 aliphatic heterocycles. The molecule has 1 aromatic carbocycles. The van der Waals surface area contributed by atoms with Crippen LogP contribution in [0.4, 0.5) is 0 Å². The molecule has 1 aromatic rings. The first kappa shape index (κ1) is 13.1. The number of rotatable bonds is 4. The number of carboxylic acid groups (broad SMARTS) is 1. The van der Waals surface area contributed by atoms with E-state index in [4.69, 9.17) is 4.74 Å². The summed E-state index contributed by atoms with van der Waals surface area (Å²) in [6.45, 7) is 3.66. The molecule has 2 rings (SSSR count). The highest BCUT2D eigenvalue weighted by Crippen LogP contribution is 2.15. The summed E-state index contributed by atoms with van der Waals surface area (Å²) in [5.74, 6) is -0.797. The molecule has 0 spiro atoms. The maximum Gasteiger partial charge on any atom is 0.323 e. The van der Waals surface area contributed by atoms with E-state index in [9.17, 15) is 9.90 Å². The SMILES string of the molecule is CC(Cc1ccccc1)N1CCOCC1C(=O)O. The zero-order chi connectivity index (χ0) is 13.0. The van der Waals surface area contributed by atoms with Gasteiger partial charge in [-0.25, -0.2) is 0 Å². The lowest BCUT2D eigenvalue weighted by Gasteiger charge is -2.37. The van der Waals surface area contributed by atoms with Crippen LogP contribution in [-0.2, 0) is 16.0 Å². The number of nitrogens with zero attached hydrogens (tertiary/aromatic N) is 1. The van der Waals surface area contributed by atoms with Gasteiger partial charge in [0.05, 0.1) is 13.2 Å². The molecule has 1 aliphatic rings. The maximum absolute atomic E-state index is 11.2. The van der Waals surface area contributed by atoms with Crippen LogP contribution in [0.25, 0.3) is 0 Å². The molecule has 2 atom stereocenters. The summed E-state index contributed by atoms with van der Waals surface area (Å²) >= 11 is 0. The van der Waals surface area contributed by atoms with Crippen LogP contribution in [0, 0.1) is 0 Å². The van der Waals surface area contributed by atoms with Crippen molar-refractivity contribution in [2.24, 2.45) is 0 Å². The zero-order valence-electron chi connectivity index (χ0n) is 10.6. The molecule has 0 aromatic heterocycles. The van der Waals surface area contributed by atoms with Gasteiger partial charge in [0.15, 0.2) is 0 Å². The maximum atomic E-state index is 11.2. The van der Waals surface area contributed by atoms with Gasteiger partial charge in [0.25, 0.3) is 0 Å². The molecule has 0 radical (unpaired) electrons. The second kappa shape index (κ2) is 5.98. The largest absolute Gasteiger partial charge is 0.480 e. The number of hydrogen-bond donors (Lipinski definition) is 1. The van der Waals surface area contributed by atoms with Crippen LogP contribution in [0.3, 0.4) is 0 Å². The highest BCUT2D eigenvalue weighted by Gasteiger charge is 2.32. The van der Waals surface area contributed by atoms with Crippen molar-refractivity contribution >= 4 is 5.97 Å². The topological polar surface area (TPSA) is 49.8 Å². The molecule has 1 N–H and O–H groups in total. The molecule has 4 heteroatoms. The Morgan fingerprint density at radius 1 is 1.50 bits per heavy atom. The first-order chi connectivity index (χ1) is 8.68. The number of ether oxygens (including phenoxy) is 1. The molecule has 0 aliphatic carbocycles. The Labute approximate surface area is 107 Å². The molecule has 1 saturated heterocycles. The standard InChI is InChI=1S/C14H19NO3/c1-11(9-12-5-3-2-4-6-12)15-7-8-18-10-13(15)14(16)17/h2-6,11,13H,7-10H2,1H3,(H,16,17). The van der Waals surface area contributed by atoms with Crippen molar-refractivity contribution in [3.05, 3.63) is 35.9 Å². The molecular formula is C14H19NO3. The van der Waals surface area contributed by atoms with Gasteiger partial charge >= 0.3 is 5.97 Å². The number of aliphatic carboxylic acids is 1. The van der Waals surface area contributed by atoms with E-state index in [2.05, 4.69) is 19.1 Å². The fourth-order valence-electron chi connectivity index (χ4n) is 2.43. The lowest BCUT2D eigenvalue weighted by molar-refractivity contribution is -0.151. The van der Waals surface area contributed by atoms with E-state index >= 15 is 0 Å². The number of benzene rings is 1.